The third-order valence-corrected chi connectivity index (χ3v) is 3.07. The smallest absolute Gasteiger partial charge is 0.0137 e. The Hall–Kier alpha value is -0.260. The standard InChI is InChI=1S/C10H16/c1-7(2)10-6-8-4-3-5-9(8)10/h6-9H,3-5H2,1-2H3/t8-,9-/m1/s1. The van der Waals surface area contributed by atoms with Crippen LogP contribution in [-0.4, -0.2) is 0 Å². The molecule has 0 bridgehead atoms. The third kappa shape index (κ3) is 0.744. The van der Waals surface area contributed by atoms with Crippen LogP contribution < -0.4 is 0 Å². The van der Waals surface area contributed by atoms with E-state index in [1.807, 2.05) is 0 Å². The highest BCUT2D eigenvalue weighted by atomic mass is 14.4. The van der Waals surface area contributed by atoms with E-state index in [0.717, 1.165) is 17.8 Å². The highest BCUT2D eigenvalue weighted by Gasteiger charge is 2.36. The molecular formula is C10H16. The molecule has 0 aromatic carbocycles. The Morgan fingerprint density at radius 3 is 2.80 bits per heavy atom. The van der Waals surface area contributed by atoms with Gasteiger partial charge < -0.3 is 0 Å². The van der Waals surface area contributed by atoms with Crippen molar-refractivity contribution in [3.05, 3.63) is 11.6 Å². The zero-order valence-corrected chi connectivity index (χ0v) is 6.93. The minimum atomic E-state index is 0.819. The summed E-state index contributed by atoms with van der Waals surface area (Å²) in [7, 11) is 0. The Kier molecular flexibility index (Phi) is 1.36. The van der Waals surface area contributed by atoms with Gasteiger partial charge in [0.15, 0.2) is 0 Å². The van der Waals surface area contributed by atoms with Crippen LogP contribution in [0.5, 0.6) is 0 Å². The molecule has 0 aromatic rings. The first-order valence-electron chi connectivity index (χ1n) is 4.50. The molecular weight excluding hydrogens is 120 g/mol. The van der Waals surface area contributed by atoms with Gasteiger partial charge in [-0.1, -0.05) is 31.9 Å². The van der Waals surface area contributed by atoms with Gasteiger partial charge in [0.2, 0.25) is 0 Å². The molecule has 2 rings (SSSR count). The largest absolute Gasteiger partial charge is 0.0811 e. The van der Waals surface area contributed by atoms with Crippen LogP contribution in [-0.2, 0) is 0 Å². The van der Waals surface area contributed by atoms with E-state index < -0.39 is 0 Å². The molecule has 1 saturated carbocycles. The van der Waals surface area contributed by atoms with Crippen molar-refractivity contribution in [2.24, 2.45) is 17.8 Å². The van der Waals surface area contributed by atoms with E-state index in [2.05, 4.69) is 19.9 Å². The van der Waals surface area contributed by atoms with Crippen molar-refractivity contribution < 1.29 is 0 Å². The fourth-order valence-corrected chi connectivity index (χ4v) is 2.47. The topological polar surface area (TPSA) is 0 Å². The fourth-order valence-electron chi connectivity index (χ4n) is 2.47. The Morgan fingerprint density at radius 1 is 1.40 bits per heavy atom. The maximum absolute atomic E-state index is 2.52. The van der Waals surface area contributed by atoms with Gasteiger partial charge in [0.25, 0.3) is 0 Å². The average Bonchev–Trinajstić information content (AvgIpc) is 2.11. The van der Waals surface area contributed by atoms with Crippen LogP contribution in [0.1, 0.15) is 33.1 Å². The van der Waals surface area contributed by atoms with Crippen molar-refractivity contribution in [2.45, 2.75) is 33.1 Å². The maximum atomic E-state index is 2.52. The molecule has 2 aliphatic rings. The lowest BCUT2D eigenvalue weighted by molar-refractivity contribution is 0.414. The molecule has 0 heteroatoms. The molecule has 0 saturated heterocycles. The normalized spacial score (nSPS) is 37.3. The molecule has 0 amide bonds. The van der Waals surface area contributed by atoms with E-state index in [4.69, 9.17) is 0 Å². The zero-order valence-electron chi connectivity index (χ0n) is 6.93. The Labute approximate surface area is 63.3 Å². The molecule has 0 spiro atoms. The SMILES string of the molecule is CC(C)C1=C[C@H]2CCC[C@@H]12. The first-order valence-corrected chi connectivity index (χ1v) is 4.50. The molecule has 2 aliphatic carbocycles. The summed E-state index contributed by atoms with van der Waals surface area (Å²) in [5, 5.41) is 0. The summed E-state index contributed by atoms with van der Waals surface area (Å²) in [6.07, 6.45) is 6.94. The quantitative estimate of drug-likeness (QED) is 0.486. The fraction of sp³-hybridized carbons (Fsp3) is 0.800. The van der Waals surface area contributed by atoms with Crippen LogP contribution in [0.15, 0.2) is 11.6 Å². The molecule has 0 aromatic heterocycles. The lowest BCUT2D eigenvalue weighted by atomic mass is 9.72. The molecule has 1 fully saturated rings. The molecule has 0 unspecified atom stereocenters. The van der Waals surface area contributed by atoms with Gasteiger partial charge in [-0.2, -0.15) is 0 Å². The molecule has 0 nitrogen and oxygen atoms in total. The van der Waals surface area contributed by atoms with Crippen molar-refractivity contribution in [1.82, 2.24) is 0 Å². The van der Waals surface area contributed by atoms with Gasteiger partial charge >= 0.3 is 0 Å². The van der Waals surface area contributed by atoms with Gasteiger partial charge in [-0.05, 0) is 30.6 Å². The van der Waals surface area contributed by atoms with E-state index in [9.17, 15) is 0 Å². The number of allylic oxidation sites excluding steroid dienone is 2. The second-order valence-electron chi connectivity index (χ2n) is 4.02. The van der Waals surface area contributed by atoms with Crippen LogP contribution in [0.3, 0.4) is 0 Å². The number of hydrogen-bond donors (Lipinski definition) is 0. The molecule has 2 atom stereocenters. The molecule has 0 aliphatic heterocycles. The lowest BCUT2D eigenvalue weighted by Gasteiger charge is -2.33. The Bertz CT molecular complexity index is 165. The Morgan fingerprint density at radius 2 is 2.20 bits per heavy atom. The van der Waals surface area contributed by atoms with Gasteiger partial charge in [-0.3, -0.25) is 0 Å². The highest BCUT2D eigenvalue weighted by molar-refractivity contribution is 5.25. The highest BCUT2D eigenvalue weighted by Crippen LogP contribution is 2.48. The summed E-state index contributed by atoms with van der Waals surface area (Å²) in [6.45, 7) is 4.64. The molecule has 0 radical (unpaired) electrons. The average molecular weight is 136 g/mol. The zero-order chi connectivity index (χ0) is 7.14. The van der Waals surface area contributed by atoms with Crippen LogP contribution in [0, 0.1) is 17.8 Å². The van der Waals surface area contributed by atoms with Crippen LogP contribution >= 0.6 is 0 Å². The van der Waals surface area contributed by atoms with E-state index in [-0.39, 0.29) is 0 Å². The van der Waals surface area contributed by atoms with Gasteiger partial charge in [0.05, 0.1) is 0 Å². The number of rotatable bonds is 1. The summed E-state index contributed by atoms with van der Waals surface area (Å²) in [6, 6.07) is 0. The van der Waals surface area contributed by atoms with Crippen molar-refractivity contribution in [1.29, 1.82) is 0 Å². The summed E-state index contributed by atoms with van der Waals surface area (Å²) >= 11 is 0. The maximum Gasteiger partial charge on any atom is -0.0137 e. The van der Waals surface area contributed by atoms with Crippen molar-refractivity contribution >= 4 is 0 Å². The van der Waals surface area contributed by atoms with E-state index in [0.29, 0.717) is 0 Å². The number of fused-ring (bicyclic) bond motifs is 1. The summed E-state index contributed by atoms with van der Waals surface area (Å²) in [5.74, 6) is 2.83. The second kappa shape index (κ2) is 2.11. The van der Waals surface area contributed by atoms with Gasteiger partial charge in [0, 0.05) is 0 Å². The predicted molar refractivity (Wildman–Crippen MR) is 43.8 cm³/mol. The lowest BCUT2D eigenvalue weighted by Crippen LogP contribution is -2.22. The van der Waals surface area contributed by atoms with Gasteiger partial charge in [-0.15, -0.1) is 0 Å². The summed E-state index contributed by atoms with van der Waals surface area (Å²) < 4.78 is 0. The third-order valence-electron chi connectivity index (χ3n) is 3.07. The number of hydrogen-bond acceptors (Lipinski definition) is 0. The Balaban J connectivity index is 2.09. The van der Waals surface area contributed by atoms with Gasteiger partial charge in [-0.25, -0.2) is 0 Å². The first kappa shape index (κ1) is 6.45. The summed E-state index contributed by atoms with van der Waals surface area (Å²) in [5.41, 5.74) is 1.75. The van der Waals surface area contributed by atoms with Crippen molar-refractivity contribution in [3.63, 3.8) is 0 Å². The van der Waals surface area contributed by atoms with Crippen LogP contribution in [0.4, 0.5) is 0 Å². The molecule has 10 heavy (non-hydrogen) atoms. The molecule has 0 heterocycles. The van der Waals surface area contributed by atoms with Crippen molar-refractivity contribution in [3.8, 4) is 0 Å². The van der Waals surface area contributed by atoms with E-state index in [1.165, 1.54) is 19.3 Å². The monoisotopic (exact) mass is 136 g/mol. The second-order valence-corrected chi connectivity index (χ2v) is 4.02. The molecule has 0 N–H and O–H groups in total. The van der Waals surface area contributed by atoms with E-state index >= 15 is 0 Å². The first-order chi connectivity index (χ1) is 4.79. The van der Waals surface area contributed by atoms with E-state index in [1.54, 1.807) is 5.57 Å². The van der Waals surface area contributed by atoms with Crippen LogP contribution in [0.2, 0.25) is 0 Å². The minimum absolute atomic E-state index is 0.819. The van der Waals surface area contributed by atoms with Gasteiger partial charge in [0.1, 0.15) is 0 Å². The minimum Gasteiger partial charge on any atom is -0.0811 e. The summed E-state index contributed by atoms with van der Waals surface area (Å²) in [4.78, 5) is 0. The molecule has 56 valence electrons. The van der Waals surface area contributed by atoms with Crippen molar-refractivity contribution in [2.75, 3.05) is 0 Å². The van der Waals surface area contributed by atoms with Crippen LogP contribution in [0.25, 0.3) is 0 Å². The predicted octanol–water partition coefficient (Wildman–Crippen LogP) is 3.00.